The Morgan fingerprint density at radius 1 is 1.25 bits per heavy atom. The van der Waals surface area contributed by atoms with Crippen molar-refractivity contribution in [1.82, 2.24) is 9.78 Å². The number of aliphatic hydroxyl groups is 1. The Hall–Kier alpha value is -0.650. The molecule has 0 bridgehead atoms. The Morgan fingerprint density at radius 3 is 2.50 bits per heavy atom. The maximum atomic E-state index is 10.3. The summed E-state index contributed by atoms with van der Waals surface area (Å²) in [6.07, 6.45) is 2.99. The molecule has 3 nitrogen and oxygen atoms in total. The van der Waals surface area contributed by atoms with Crippen LogP contribution in [0, 0.1) is 0 Å². The van der Waals surface area contributed by atoms with Crippen molar-refractivity contribution >= 4 is 31.9 Å². The number of benzene rings is 1. The largest absolute Gasteiger partial charge is 0.388 e. The molecule has 0 spiro atoms. The Balaban J connectivity index is 2.11. The molecule has 108 valence electrons. The molecule has 0 saturated carbocycles. The van der Waals surface area contributed by atoms with Gasteiger partial charge in [0.2, 0.25) is 0 Å². The number of hydrogen-bond donors (Lipinski definition) is 1. The highest BCUT2D eigenvalue weighted by Crippen LogP contribution is 2.26. The molecular weight excluding hydrogens is 384 g/mol. The van der Waals surface area contributed by atoms with Crippen molar-refractivity contribution in [2.24, 2.45) is 0 Å². The normalized spacial score (nSPS) is 14.2. The zero-order chi connectivity index (χ0) is 14.7. The summed E-state index contributed by atoms with van der Waals surface area (Å²) in [6.45, 7) is 4.28. The average Bonchev–Trinajstić information content (AvgIpc) is 2.85. The van der Waals surface area contributed by atoms with Gasteiger partial charge in [-0.3, -0.25) is 4.68 Å². The van der Waals surface area contributed by atoms with Crippen LogP contribution in [-0.4, -0.2) is 14.9 Å². The van der Waals surface area contributed by atoms with Crippen molar-refractivity contribution in [3.63, 3.8) is 0 Å². The lowest BCUT2D eigenvalue weighted by Crippen LogP contribution is -2.07. The number of halogens is 2. The predicted octanol–water partition coefficient (Wildman–Crippen LogP) is 4.66. The summed E-state index contributed by atoms with van der Waals surface area (Å²) in [5.41, 5.74) is 1.79. The highest BCUT2D eigenvalue weighted by Gasteiger charge is 2.13. The van der Waals surface area contributed by atoms with Gasteiger partial charge in [-0.25, -0.2) is 0 Å². The lowest BCUT2D eigenvalue weighted by Gasteiger charge is -2.11. The number of nitrogens with zero attached hydrogens (tertiary/aromatic N) is 2. The summed E-state index contributed by atoms with van der Waals surface area (Å²) in [5, 5.41) is 14.9. The van der Waals surface area contributed by atoms with E-state index in [1.807, 2.05) is 35.1 Å². The van der Waals surface area contributed by atoms with E-state index in [4.69, 9.17) is 0 Å². The fourth-order valence-electron chi connectivity index (χ4n) is 2.00. The van der Waals surface area contributed by atoms with Crippen LogP contribution in [0.5, 0.6) is 0 Å². The molecule has 0 aliphatic carbocycles. The van der Waals surface area contributed by atoms with E-state index in [9.17, 15) is 5.11 Å². The van der Waals surface area contributed by atoms with E-state index in [1.54, 1.807) is 0 Å². The molecule has 2 unspecified atom stereocenters. The smallest absolute Gasteiger partial charge is 0.0846 e. The molecule has 1 heterocycles. The lowest BCUT2D eigenvalue weighted by molar-refractivity contribution is 0.176. The minimum Gasteiger partial charge on any atom is -0.388 e. The average molecular weight is 402 g/mol. The van der Waals surface area contributed by atoms with Gasteiger partial charge < -0.3 is 5.11 Å². The Labute approximate surface area is 136 Å². The van der Waals surface area contributed by atoms with Crippen molar-refractivity contribution < 1.29 is 5.11 Å². The van der Waals surface area contributed by atoms with Crippen molar-refractivity contribution in [2.45, 2.75) is 38.8 Å². The molecule has 1 aromatic carbocycles. The van der Waals surface area contributed by atoms with Gasteiger partial charge in [-0.1, -0.05) is 38.8 Å². The topological polar surface area (TPSA) is 38.0 Å². The van der Waals surface area contributed by atoms with E-state index >= 15 is 0 Å². The molecule has 20 heavy (non-hydrogen) atoms. The minimum absolute atomic E-state index is 0.390. The summed E-state index contributed by atoms with van der Waals surface area (Å²) in [6, 6.07) is 8.18. The predicted molar refractivity (Wildman–Crippen MR) is 87.7 cm³/mol. The van der Waals surface area contributed by atoms with Crippen LogP contribution in [0.25, 0.3) is 0 Å². The number of aromatic nitrogens is 2. The molecular formula is C15H18Br2N2O. The zero-order valence-electron chi connectivity index (χ0n) is 11.6. The van der Waals surface area contributed by atoms with Crippen molar-refractivity contribution in [3.8, 4) is 0 Å². The summed E-state index contributed by atoms with van der Waals surface area (Å²) in [7, 11) is 0. The van der Waals surface area contributed by atoms with E-state index < -0.39 is 6.10 Å². The van der Waals surface area contributed by atoms with Crippen LogP contribution < -0.4 is 0 Å². The van der Waals surface area contributed by atoms with Gasteiger partial charge in [-0.05, 0) is 43.2 Å². The van der Waals surface area contributed by atoms with Gasteiger partial charge in [0.05, 0.1) is 11.8 Å². The Kier molecular flexibility index (Phi) is 5.41. The van der Waals surface area contributed by atoms with Crippen LogP contribution in [0.15, 0.2) is 39.4 Å². The first kappa shape index (κ1) is 15.7. The summed E-state index contributed by atoms with van der Waals surface area (Å²) >= 11 is 6.88. The fourth-order valence-corrected chi connectivity index (χ4v) is 3.33. The van der Waals surface area contributed by atoms with E-state index in [0.717, 1.165) is 26.6 Å². The molecule has 1 N–H and O–H groups in total. The van der Waals surface area contributed by atoms with Gasteiger partial charge in [0, 0.05) is 27.6 Å². The molecule has 0 saturated heterocycles. The van der Waals surface area contributed by atoms with E-state index in [1.165, 1.54) is 0 Å². The van der Waals surface area contributed by atoms with Crippen molar-refractivity contribution in [2.75, 3.05) is 0 Å². The second kappa shape index (κ2) is 6.87. The molecule has 0 aliphatic heterocycles. The highest BCUT2D eigenvalue weighted by atomic mass is 79.9. The first-order valence-electron chi connectivity index (χ1n) is 6.67. The molecule has 5 heteroatoms. The van der Waals surface area contributed by atoms with Crippen LogP contribution in [0.2, 0.25) is 0 Å². The summed E-state index contributed by atoms with van der Waals surface area (Å²) < 4.78 is 3.86. The maximum absolute atomic E-state index is 10.3. The van der Waals surface area contributed by atoms with E-state index in [-0.39, 0.29) is 0 Å². The first-order valence-corrected chi connectivity index (χ1v) is 8.26. The van der Waals surface area contributed by atoms with Gasteiger partial charge in [-0.15, -0.1) is 0 Å². The molecule has 2 aromatic rings. The van der Waals surface area contributed by atoms with Crippen molar-refractivity contribution in [1.29, 1.82) is 0 Å². The van der Waals surface area contributed by atoms with Crippen LogP contribution in [-0.2, 0) is 6.42 Å². The van der Waals surface area contributed by atoms with Crippen LogP contribution in [0.1, 0.15) is 43.7 Å². The van der Waals surface area contributed by atoms with Gasteiger partial charge in [-0.2, -0.15) is 5.10 Å². The van der Waals surface area contributed by atoms with Crippen LogP contribution in [0.4, 0.5) is 0 Å². The maximum Gasteiger partial charge on any atom is 0.0846 e. The summed E-state index contributed by atoms with van der Waals surface area (Å²) in [5.74, 6) is 0. The van der Waals surface area contributed by atoms with Gasteiger partial charge in [0.25, 0.3) is 0 Å². The molecule has 2 rings (SSSR count). The minimum atomic E-state index is -0.552. The van der Waals surface area contributed by atoms with Crippen LogP contribution >= 0.6 is 31.9 Å². The Morgan fingerprint density at radius 2 is 1.90 bits per heavy atom. The standard InChI is InChI=1S/C15H18Br2N2O/c1-3-10(2)19-5-4-14(18-19)9-15(20)11-6-12(16)8-13(17)7-11/h4-8,10,15,20H,3,9H2,1-2H3. The molecule has 2 atom stereocenters. The quantitative estimate of drug-likeness (QED) is 0.791. The molecule has 0 fully saturated rings. The third kappa shape index (κ3) is 3.93. The zero-order valence-corrected chi connectivity index (χ0v) is 14.7. The van der Waals surface area contributed by atoms with E-state index in [0.29, 0.717) is 12.5 Å². The lowest BCUT2D eigenvalue weighted by atomic mass is 10.1. The first-order chi connectivity index (χ1) is 9.49. The highest BCUT2D eigenvalue weighted by molar-refractivity contribution is 9.11. The van der Waals surface area contributed by atoms with Gasteiger partial charge >= 0.3 is 0 Å². The molecule has 0 aliphatic rings. The molecule has 0 radical (unpaired) electrons. The fraction of sp³-hybridized carbons (Fsp3) is 0.400. The molecule has 1 aromatic heterocycles. The monoisotopic (exact) mass is 400 g/mol. The van der Waals surface area contributed by atoms with Gasteiger partial charge in [0.1, 0.15) is 0 Å². The van der Waals surface area contributed by atoms with Crippen LogP contribution in [0.3, 0.4) is 0 Å². The number of aliphatic hydroxyl groups excluding tert-OH is 1. The SMILES string of the molecule is CCC(C)n1ccc(CC(O)c2cc(Br)cc(Br)c2)n1. The van der Waals surface area contributed by atoms with Crippen molar-refractivity contribution in [3.05, 3.63) is 50.7 Å². The van der Waals surface area contributed by atoms with Gasteiger partial charge in [0.15, 0.2) is 0 Å². The second-order valence-corrected chi connectivity index (χ2v) is 6.80. The summed E-state index contributed by atoms with van der Waals surface area (Å²) in [4.78, 5) is 0. The third-order valence-corrected chi connectivity index (χ3v) is 4.29. The third-order valence-electron chi connectivity index (χ3n) is 3.38. The number of rotatable bonds is 5. The second-order valence-electron chi connectivity index (χ2n) is 4.97. The van der Waals surface area contributed by atoms with E-state index in [2.05, 4.69) is 50.8 Å². The molecule has 0 amide bonds. The number of hydrogen-bond acceptors (Lipinski definition) is 2. The Bertz CT molecular complexity index is 563.